The van der Waals surface area contributed by atoms with E-state index in [-0.39, 0.29) is 11.6 Å². The van der Waals surface area contributed by atoms with Gasteiger partial charge in [-0.05, 0) is 76.7 Å². The second-order valence-electron chi connectivity index (χ2n) is 13.6. The lowest BCUT2D eigenvalue weighted by Crippen LogP contribution is -2.30. The Morgan fingerprint density at radius 3 is 2.35 bits per heavy atom. The van der Waals surface area contributed by atoms with Crippen LogP contribution in [-0.4, -0.2) is 47.5 Å². The van der Waals surface area contributed by atoms with Crippen molar-refractivity contribution in [1.82, 2.24) is 10.2 Å². The van der Waals surface area contributed by atoms with Gasteiger partial charge in [-0.25, -0.2) is 4.79 Å². The third kappa shape index (κ3) is 9.52. The van der Waals surface area contributed by atoms with Gasteiger partial charge in [0, 0.05) is 40.7 Å². The molecule has 0 bridgehead atoms. The van der Waals surface area contributed by atoms with Crippen LogP contribution in [0.2, 0.25) is 0 Å². The molecule has 2 heterocycles. The van der Waals surface area contributed by atoms with Gasteiger partial charge in [-0.1, -0.05) is 104 Å². The van der Waals surface area contributed by atoms with Gasteiger partial charge in [0.1, 0.15) is 10.7 Å². The Hall–Kier alpha value is -6.01. The average molecular weight is 795 g/mol. The smallest absolute Gasteiger partial charge is 0.341 e. The summed E-state index contributed by atoms with van der Waals surface area (Å²) in [5.74, 6) is -1.61. The monoisotopic (exact) mass is 794 g/mol. The number of fused-ring (bicyclic) bond motifs is 2. The number of nitrogens with zero attached hydrogens (tertiary/aromatic N) is 1. The highest BCUT2D eigenvalue weighted by molar-refractivity contribution is 8.00. The minimum atomic E-state index is -0.501. The molecule has 3 amide bonds. The molecule has 57 heavy (non-hydrogen) atoms. The number of benzene rings is 5. The van der Waals surface area contributed by atoms with Crippen LogP contribution in [0.3, 0.4) is 0 Å². The van der Waals surface area contributed by atoms with Crippen LogP contribution in [0.25, 0.3) is 16.8 Å². The number of thioether (sulfide) groups is 1. The first-order valence-corrected chi connectivity index (χ1v) is 20.4. The molecule has 1 unspecified atom stereocenters. The molecule has 1 aliphatic rings. The fourth-order valence-electron chi connectivity index (χ4n) is 6.84. The summed E-state index contributed by atoms with van der Waals surface area (Å²) in [6.45, 7) is 4.20. The molecule has 1 aliphatic heterocycles. The van der Waals surface area contributed by atoms with Crippen molar-refractivity contribution in [2.45, 2.75) is 43.0 Å². The molecule has 1 aromatic heterocycles. The molecule has 5 aromatic carbocycles. The minimum absolute atomic E-state index is 0.0762. The summed E-state index contributed by atoms with van der Waals surface area (Å²) in [5, 5.41) is 10.8. The molecule has 0 saturated heterocycles. The predicted molar refractivity (Wildman–Crippen MR) is 229 cm³/mol. The molecule has 1 atom stereocenters. The van der Waals surface area contributed by atoms with Gasteiger partial charge in [-0.15, -0.1) is 23.1 Å². The lowest BCUT2D eigenvalue weighted by atomic mass is 10.0. The van der Waals surface area contributed by atoms with Crippen LogP contribution in [-0.2, 0) is 33.8 Å². The molecule has 7 rings (SSSR count). The first kappa shape index (κ1) is 39.2. The molecule has 9 nitrogen and oxygen atoms in total. The van der Waals surface area contributed by atoms with E-state index >= 15 is 0 Å². The Morgan fingerprint density at radius 2 is 1.58 bits per heavy atom. The maximum atomic E-state index is 13.9. The van der Waals surface area contributed by atoms with Crippen molar-refractivity contribution in [3.8, 4) is 0 Å². The normalized spacial score (nSPS) is 13.3. The van der Waals surface area contributed by atoms with Crippen molar-refractivity contribution in [1.29, 1.82) is 0 Å². The molecule has 0 aliphatic carbocycles. The average Bonchev–Trinajstić information content (AvgIpc) is 3.59. The van der Waals surface area contributed by atoms with Crippen LogP contribution in [0.15, 0.2) is 138 Å². The third-order valence-electron chi connectivity index (χ3n) is 9.70. The maximum Gasteiger partial charge on any atom is 0.341 e. The van der Waals surface area contributed by atoms with Gasteiger partial charge in [-0.2, -0.15) is 0 Å². The van der Waals surface area contributed by atoms with E-state index in [1.807, 2.05) is 85.8 Å². The summed E-state index contributed by atoms with van der Waals surface area (Å²) in [6.07, 6.45) is 2.87. The summed E-state index contributed by atoms with van der Waals surface area (Å²) >= 11 is 2.80. The van der Waals surface area contributed by atoms with Crippen LogP contribution >= 0.6 is 23.1 Å². The number of thiophene rings is 1. The van der Waals surface area contributed by atoms with E-state index in [0.717, 1.165) is 44.8 Å². The second kappa shape index (κ2) is 18.3. The highest BCUT2D eigenvalue weighted by Gasteiger charge is 2.31. The third-order valence-corrected chi connectivity index (χ3v) is 12.2. The molecule has 6 aromatic rings. The van der Waals surface area contributed by atoms with E-state index in [0.29, 0.717) is 41.2 Å². The van der Waals surface area contributed by atoms with Crippen molar-refractivity contribution in [3.05, 3.63) is 166 Å². The van der Waals surface area contributed by atoms with Gasteiger partial charge in [0.15, 0.2) is 0 Å². The van der Waals surface area contributed by atoms with E-state index < -0.39 is 23.0 Å². The quantitative estimate of drug-likeness (QED) is 0.0607. The van der Waals surface area contributed by atoms with Gasteiger partial charge in [0.25, 0.3) is 11.8 Å². The number of amides is 3. The molecular formula is C46H42N4O5S2. The zero-order chi connectivity index (χ0) is 39.7. The number of esters is 1. The molecule has 0 radical (unpaired) electrons. The lowest BCUT2D eigenvalue weighted by molar-refractivity contribution is -0.116. The molecular weight excluding hydrogens is 753 g/mol. The van der Waals surface area contributed by atoms with E-state index in [2.05, 4.69) is 33.0 Å². The number of methoxy groups -OCH3 is 1. The SMILES string of the molecule is CCC(Sc1cccc(NC(=O)/C(=C\c2cccc3ccccc23)NC(=O)c2ccccc2)c1)C(=O)Nc1sc2c(c1C(=O)OC)CCN(Cc1ccccc1)C2. The maximum absolute atomic E-state index is 13.9. The van der Waals surface area contributed by atoms with E-state index in [1.165, 1.54) is 35.8 Å². The predicted octanol–water partition coefficient (Wildman–Crippen LogP) is 9.17. The fourth-order valence-corrected chi connectivity index (χ4v) is 9.13. The molecule has 288 valence electrons. The van der Waals surface area contributed by atoms with E-state index in [1.54, 1.807) is 42.5 Å². The first-order valence-electron chi connectivity index (χ1n) is 18.7. The van der Waals surface area contributed by atoms with Crippen LogP contribution in [0, 0.1) is 0 Å². The van der Waals surface area contributed by atoms with Gasteiger partial charge < -0.3 is 20.7 Å². The summed E-state index contributed by atoms with van der Waals surface area (Å²) in [7, 11) is 1.36. The molecule has 0 fully saturated rings. The topological polar surface area (TPSA) is 117 Å². The molecule has 0 spiro atoms. The van der Waals surface area contributed by atoms with Crippen LogP contribution < -0.4 is 16.0 Å². The second-order valence-corrected chi connectivity index (χ2v) is 16.0. The van der Waals surface area contributed by atoms with E-state index in [9.17, 15) is 19.2 Å². The van der Waals surface area contributed by atoms with E-state index in [4.69, 9.17) is 4.74 Å². The highest BCUT2D eigenvalue weighted by atomic mass is 32.2. The van der Waals surface area contributed by atoms with Crippen LogP contribution in [0.4, 0.5) is 10.7 Å². The number of nitrogens with one attached hydrogen (secondary N) is 3. The molecule has 3 N–H and O–H groups in total. The molecule has 0 saturated carbocycles. The first-order chi connectivity index (χ1) is 27.8. The Labute approximate surface area is 340 Å². The van der Waals surface area contributed by atoms with Crippen molar-refractivity contribution < 1.29 is 23.9 Å². The van der Waals surface area contributed by atoms with Crippen LogP contribution in [0.5, 0.6) is 0 Å². The molecule has 11 heteroatoms. The number of carbonyl (C=O) groups excluding carboxylic acids is 4. The number of ether oxygens (including phenoxy) is 1. The number of carbonyl (C=O) groups is 4. The number of anilines is 2. The number of hydrogen-bond donors (Lipinski definition) is 3. The zero-order valence-corrected chi connectivity index (χ0v) is 33.3. The number of hydrogen-bond acceptors (Lipinski definition) is 8. The van der Waals surface area contributed by atoms with Gasteiger partial charge in [-0.3, -0.25) is 19.3 Å². The zero-order valence-electron chi connectivity index (χ0n) is 31.6. The van der Waals surface area contributed by atoms with Gasteiger partial charge >= 0.3 is 5.97 Å². The lowest BCUT2D eigenvalue weighted by Gasteiger charge is -2.27. The van der Waals surface area contributed by atoms with Crippen molar-refractivity contribution in [3.63, 3.8) is 0 Å². The Bertz CT molecular complexity index is 2440. The largest absolute Gasteiger partial charge is 0.465 e. The van der Waals surface area contributed by atoms with Gasteiger partial charge in [0.05, 0.1) is 17.9 Å². The standard InChI is InChI=1S/C46H42N4O5S2/c1-3-39(44(53)49-45-41(46(54)55-2)37-24-25-50(29-40(37)57-45)28-30-14-6-4-7-15-30)56-35-22-13-21-34(27-35)47-43(52)38(48-42(51)32-17-8-5-9-18-32)26-33-20-12-19-31-16-10-11-23-36(31)33/h4-23,26-27,39H,3,24-25,28-29H2,1-2H3,(H,47,52)(H,48,51)(H,49,53)/b38-26+. The minimum Gasteiger partial charge on any atom is -0.465 e. The fraction of sp³-hybridized carbons (Fsp3) is 0.174. The van der Waals surface area contributed by atoms with Crippen molar-refractivity contribution in [2.24, 2.45) is 0 Å². The summed E-state index contributed by atoms with van der Waals surface area (Å²) in [4.78, 5) is 58.3. The Balaban J connectivity index is 1.07. The summed E-state index contributed by atoms with van der Waals surface area (Å²) < 4.78 is 5.18. The summed E-state index contributed by atoms with van der Waals surface area (Å²) in [5.41, 5.74) is 4.36. The highest BCUT2D eigenvalue weighted by Crippen LogP contribution is 2.39. The Morgan fingerprint density at radius 1 is 0.860 bits per heavy atom. The van der Waals surface area contributed by atoms with Gasteiger partial charge in [0.2, 0.25) is 5.91 Å². The van der Waals surface area contributed by atoms with Crippen molar-refractivity contribution >= 4 is 74.3 Å². The van der Waals surface area contributed by atoms with Crippen molar-refractivity contribution in [2.75, 3.05) is 24.3 Å². The van der Waals surface area contributed by atoms with Crippen LogP contribution in [0.1, 0.15) is 55.6 Å². The summed E-state index contributed by atoms with van der Waals surface area (Å²) in [6, 6.07) is 39.9. The Kier molecular flexibility index (Phi) is 12.6. The number of rotatable bonds is 13.